The summed E-state index contributed by atoms with van der Waals surface area (Å²) in [6.07, 6.45) is 3.90. The van der Waals surface area contributed by atoms with Crippen LogP contribution < -0.4 is 4.74 Å². The molecule has 0 spiro atoms. The van der Waals surface area contributed by atoms with Crippen LogP contribution in [0.1, 0.15) is 29.2 Å². The van der Waals surface area contributed by atoms with Gasteiger partial charge in [0.15, 0.2) is 0 Å². The summed E-state index contributed by atoms with van der Waals surface area (Å²) in [4.78, 5) is 3.79. The smallest absolute Gasteiger partial charge is 0.141 e. The Morgan fingerprint density at radius 1 is 1.37 bits per heavy atom. The van der Waals surface area contributed by atoms with Crippen LogP contribution in [0.4, 0.5) is 4.39 Å². The lowest BCUT2D eigenvalue weighted by molar-refractivity contribution is 0.180. The summed E-state index contributed by atoms with van der Waals surface area (Å²) >= 11 is 0. The van der Waals surface area contributed by atoms with Crippen molar-refractivity contribution in [2.75, 3.05) is 0 Å². The van der Waals surface area contributed by atoms with Crippen molar-refractivity contribution in [1.82, 2.24) is 4.98 Å². The molecule has 1 atom stereocenters. The number of ether oxygens (including phenoxy) is 1. The third-order valence-electron chi connectivity index (χ3n) is 3.35. The molecule has 0 saturated carbocycles. The zero-order valence-electron chi connectivity index (χ0n) is 10.3. The number of hydrogen-bond donors (Lipinski definition) is 1. The van der Waals surface area contributed by atoms with Crippen molar-refractivity contribution in [3.63, 3.8) is 0 Å². The minimum absolute atomic E-state index is 0.275. The molecule has 1 aliphatic rings. The lowest BCUT2D eigenvalue weighted by Crippen LogP contribution is -2.00. The molecule has 0 saturated heterocycles. The molecule has 1 aliphatic carbocycles. The second kappa shape index (κ2) is 4.97. The topological polar surface area (TPSA) is 42.4 Å². The molecule has 1 N–H and O–H groups in total. The highest BCUT2D eigenvalue weighted by atomic mass is 19.1. The third kappa shape index (κ3) is 2.44. The Morgan fingerprint density at radius 2 is 2.26 bits per heavy atom. The Bertz CT molecular complexity index is 600. The largest absolute Gasteiger partial charge is 0.489 e. The van der Waals surface area contributed by atoms with Gasteiger partial charge in [-0.15, -0.1) is 0 Å². The van der Waals surface area contributed by atoms with Crippen molar-refractivity contribution in [1.29, 1.82) is 0 Å². The van der Waals surface area contributed by atoms with Crippen molar-refractivity contribution in [3.05, 3.63) is 59.2 Å². The molecule has 19 heavy (non-hydrogen) atoms. The van der Waals surface area contributed by atoms with E-state index >= 15 is 0 Å². The van der Waals surface area contributed by atoms with E-state index in [1.54, 1.807) is 6.20 Å². The van der Waals surface area contributed by atoms with Crippen molar-refractivity contribution < 1.29 is 14.2 Å². The normalized spacial score (nSPS) is 17.3. The standard InChI is InChI=1S/C15H14FNO2/c16-11-6-10(7-17-8-11)9-19-15-3-1-2-12-13(15)4-5-14(12)18/h1-3,6-8,14,18H,4-5,9H2. The Kier molecular flexibility index (Phi) is 3.17. The first-order chi connectivity index (χ1) is 9.24. The van der Waals surface area contributed by atoms with Crippen LogP contribution in [0.2, 0.25) is 0 Å². The Balaban J connectivity index is 1.78. The summed E-state index contributed by atoms with van der Waals surface area (Å²) < 4.78 is 18.7. The molecule has 1 aromatic heterocycles. The van der Waals surface area contributed by atoms with Gasteiger partial charge in [0.1, 0.15) is 18.2 Å². The van der Waals surface area contributed by atoms with Gasteiger partial charge in [0, 0.05) is 17.3 Å². The molecule has 3 nitrogen and oxygen atoms in total. The maximum atomic E-state index is 13.0. The summed E-state index contributed by atoms with van der Waals surface area (Å²) in [7, 11) is 0. The Morgan fingerprint density at radius 3 is 3.11 bits per heavy atom. The van der Waals surface area contributed by atoms with Gasteiger partial charge < -0.3 is 9.84 Å². The van der Waals surface area contributed by atoms with Crippen LogP contribution in [0.25, 0.3) is 0 Å². The number of aliphatic hydroxyl groups is 1. The number of pyridine rings is 1. The van der Waals surface area contributed by atoms with Crippen LogP contribution in [0.15, 0.2) is 36.7 Å². The highest BCUT2D eigenvalue weighted by Crippen LogP contribution is 2.36. The summed E-state index contributed by atoms with van der Waals surface area (Å²) in [6, 6.07) is 7.07. The van der Waals surface area contributed by atoms with Crippen LogP contribution in [-0.4, -0.2) is 10.1 Å². The average Bonchev–Trinajstić information content (AvgIpc) is 2.79. The predicted molar refractivity (Wildman–Crippen MR) is 68.2 cm³/mol. The van der Waals surface area contributed by atoms with E-state index in [1.807, 2.05) is 18.2 Å². The van der Waals surface area contributed by atoms with E-state index in [1.165, 1.54) is 12.3 Å². The monoisotopic (exact) mass is 259 g/mol. The van der Waals surface area contributed by atoms with Crippen LogP contribution >= 0.6 is 0 Å². The SMILES string of the molecule is OC1CCc2c(OCc3cncc(F)c3)cccc21. The van der Waals surface area contributed by atoms with Crippen LogP contribution in [-0.2, 0) is 13.0 Å². The molecule has 98 valence electrons. The second-order valence-corrected chi connectivity index (χ2v) is 4.68. The van der Waals surface area contributed by atoms with E-state index in [4.69, 9.17) is 4.74 Å². The van der Waals surface area contributed by atoms with Crippen molar-refractivity contribution in [2.24, 2.45) is 0 Å². The summed E-state index contributed by atoms with van der Waals surface area (Å²) in [6.45, 7) is 0.275. The molecule has 2 aromatic rings. The van der Waals surface area contributed by atoms with Gasteiger partial charge in [0.05, 0.1) is 12.3 Å². The number of aromatic nitrogens is 1. The number of aliphatic hydroxyl groups excluding tert-OH is 1. The van der Waals surface area contributed by atoms with Gasteiger partial charge in [-0.1, -0.05) is 12.1 Å². The Hall–Kier alpha value is -1.94. The van der Waals surface area contributed by atoms with Crippen molar-refractivity contribution in [2.45, 2.75) is 25.6 Å². The predicted octanol–water partition coefficient (Wildman–Crippen LogP) is 2.78. The van der Waals surface area contributed by atoms with Gasteiger partial charge >= 0.3 is 0 Å². The number of fused-ring (bicyclic) bond motifs is 1. The minimum Gasteiger partial charge on any atom is -0.489 e. The highest BCUT2D eigenvalue weighted by molar-refractivity contribution is 5.44. The fraction of sp³-hybridized carbons (Fsp3) is 0.267. The van der Waals surface area contributed by atoms with E-state index in [0.29, 0.717) is 5.56 Å². The maximum absolute atomic E-state index is 13.0. The quantitative estimate of drug-likeness (QED) is 0.921. The van der Waals surface area contributed by atoms with Gasteiger partial charge in [0.25, 0.3) is 0 Å². The summed E-state index contributed by atoms with van der Waals surface area (Å²) in [5.74, 6) is 0.396. The molecule has 0 bridgehead atoms. The van der Waals surface area contributed by atoms with Gasteiger partial charge in [-0.2, -0.15) is 0 Å². The van der Waals surface area contributed by atoms with Crippen LogP contribution in [0.3, 0.4) is 0 Å². The molecule has 0 radical (unpaired) electrons. The number of halogens is 1. The first kappa shape index (κ1) is 12.1. The number of nitrogens with zero attached hydrogens (tertiary/aromatic N) is 1. The van der Waals surface area contributed by atoms with E-state index in [9.17, 15) is 9.50 Å². The van der Waals surface area contributed by atoms with Gasteiger partial charge in [-0.05, 0) is 30.5 Å². The zero-order valence-corrected chi connectivity index (χ0v) is 10.3. The number of rotatable bonds is 3. The third-order valence-corrected chi connectivity index (χ3v) is 3.35. The molecule has 0 aliphatic heterocycles. The highest BCUT2D eigenvalue weighted by Gasteiger charge is 2.23. The zero-order chi connectivity index (χ0) is 13.2. The van der Waals surface area contributed by atoms with E-state index < -0.39 is 6.10 Å². The maximum Gasteiger partial charge on any atom is 0.141 e. The van der Waals surface area contributed by atoms with Gasteiger partial charge in [-0.3, -0.25) is 4.98 Å². The molecular formula is C15H14FNO2. The minimum atomic E-state index is -0.394. The van der Waals surface area contributed by atoms with Gasteiger partial charge in [0.2, 0.25) is 0 Å². The number of hydrogen-bond acceptors (Lipinski definition) is 3. The van der Waals surface area contributed by atoms with E-state index in [0.717, 1.165) is 29.7 Å². The van der Waals surface area contributed by atoms with E-state index in [-0.39, 0.29) is 12.4 Å². The Labute approximate surface area is 110 Å². The number of benzene rings is 1. The van der Waals surface area contributed by atoms with Crippen molar-refractivity contribution in [3.8, 4) is 5.75 Å². The molecule has 1 unspecified atom stereocenters. The summed E-state index contributed by atoms with van der Waals surface area (Å²) in [5, 5.41) is 9.81. The molecule has 3 rings (SSSR count). The molecule has 1 heterocycles. The molecular weight excluding hydrogens is 245 g/mol. The van der Waals surface area contributed by atoms with Crippen molar-refractivity contribution >= 4 is 0 Å². The first-order valence-corrected chi connectivity index (χ1v) is 6.26. The van der Waals surface area contributed by atoms with Crippen LogP contribution in [0.5, 0.6) is 5.75 Å². The van der Waals surface area contributed by atoms with Gasteiger partial charge in [-0.25, -0.2) is 4.39 Å². The average molecular weight is 259 g/mol. The second-order valence-electron chi connectivity index (χ2n) is 4.68. The molecule has 1 aromatic carbocycles. The molecule has 0 amide bonds. The van der Waals surface area contributed by atoms with E-state index in [2.05, 4.69) is 4.98 Å². The first-order valence-electron chi connectivity index (χ1n) is 6.26. The molecule has 0 fully saturated rings. The molecule has 4 heteroatoms. The fourth-order valence-electron chi connectivity index (χ4n) is 2.43. The fourth-order valence-corrected chi connectivity index (χ4v) is 2.43. The lowest BCUT2D eigenvalue weighted by Gasteiger charge is -2.11. The lowest BCUT2D eigenvalue weighted by atomic mass is 10.1. The summed E-state index contributed by atoms with van der Waals surface area (Å²) in [5.41, 5.74) is 2.69. The van der Waals surface area contributed by atoms with Crippen LogP contribution in [0, 0.1) is 5.82 Å².